The minimum Gasteiger partial charge on any atom is -0.385 e. The fourth-order valence-corrected chi connectivity index (χ4v) is 1.72. The third-order valence-electron chi connectivity index (χ3n) is 3.08. The lowest BCUT2D eigenvalue weighted by molar-refractivity contribution is -0.127. The van der Waals surface area contributed by atoms with E-state index in [1.54, 1.807) is 18.2 Å². The Hall–Kier alpha value is -1.82. The SMILES string of the molecule is CC(C)[C@H](C)NC(=O)COn1nnc2ccc(Cl)cc21. The maximum atomic E-state index is 11.7. The van der Waals surface area contributed by atoms with Gasteiger partial charge in [-0.3, -0.25) is 4.79 Å². The molecule has 6 nitrogen and oxygen atoms in total. The number of carbonyl (C=O) groups excluding carboxylic acids is 1. The highest BCUT2D eigenvalue weighted by Gasteiger charge is 2.12. The molecule has 0 fully saturated rings. The van der Waals surface area contributed by atoms with Crippen molar-refractivity contribution in [1.29, 1.82) is 0 Å². The van der Waals surface area contributed by atoms with Crippen LogP contribution in [0.2, 0.25) is 5.02 Å². The third-order valence-corrected chi connectivity index (χ3v) is 3.32. The number of aromatic nitrogens is 3. The van der Waals surface area contributed by atoms with E-state index in [2.05, 4.69) is 15.6 Å². The Morgan fingerprint density at radius 2 is 2.20 bits per heavy atom. The molecule has 2 aromatic rings. The smallest absolute Gasteiger partial charge is 0.260 e. The zero-order valence-electron chi connectivity index (χ0n) is 11.6. The Morgan fingerprint density at radius 3 is 2.90 bits per heavy atom. The van der Waals surface area contributed by atoms with E-state index in [4.69, 9.17) is 16.4 Å². The minimum atomic E-state index is -0.197. The van der Waals surface area contributed by atoms with Gasteiger partial charge in [-0.2, -0.15) is 0 Å². The van der Waals surface area contributed by atoms with Crippen LogP contribution in [0.3, 0.4) is 0 Å². The summed E-state index contributed by atoms with van der Waals surface area (Å²) < 4.78 is 0. The summed E-state index contributed by atoms with van der Waals surface area (Å²) in [6, 6.07) is 5.24. The van der Waals surface area contributed by atoms with Crippen molar-refractivity contribution >= 4 is 28.5 Å². The van der Waals surface area contributed by atoms with E-state index >= 15 is 0 Å². The molecule has 1 heterocycles. The van der Waals surface area contributed by atoms with Crippen molar-refractivity contribution < 1.29 is 9.63 Å². The molecule has 0 aliphatic rings. The molecule has 1 aromatic heterocycles. The quantitative estimate of drug-likeness (QED) is 0.911. The van der Waals surface area contributed by atoms with E-state index in [0.29, 0.717) is 22.0 Å². The second kappa shape index (κ2) is 6.09. The molecule has 7 heteroatoms. The van der Waals surface area contributed by atoms with E-state index in [9.17, 15) is 4.79 Å². The molecule has 1 N–H and O–H groups in total. The molecule has 2 rings (SSSR count). The van der Waals surface area contributed by atoms with Crippen LogP contribution in [-0.4, -0.2) is 33.7 Å². The van der Waals surface area contributed by atoms with E-state index in [1.807, 2.05) is 20.8 Å². The average molecular weight is 297 g/mol. The molecule has 1 amide bonds. The van der Waals surface area contributed by atoms with Crippen LogP contribution in [0, 0.1) is 5.92 Å². The highest BCUT2D eigenvalue weighted by molar-refractivity contribution is 6.31. The number of benzene rings is 1. The predicted octanol–water partition coefficient (Wildman–Crippen LogP) is 1.67. The first-order valence-electron chi connectivity index (χ1n) is 6.41. The first-order chi connectivity index (χ1) is 9.47. The van der Waals surface area contributed by atoms with E-state index in [0.717, 1.165) is 0 Å². The van der Waals surface area contributed by atoms with Crippen LogP contribution < -0.4 is 10.2 Å². The maximum Gasteiger partial charge on any atom is 0.260 e. The van der Waals surface area contributed by atoms with Gasteiger partial charge in [0.05, 0.1) is 0 Å². The van der Waals surface area contributed by atoms with Crippen LogP contribution >= 0.6 is 11.6 Å². The van der Waals surface area contributed by atoms with Crippen LogP contribution in [0.15, 0.2) is 18.2 Å². The second-order valence-corrected chi connectivity index (χ2v) is 5.41. The molecule has 0 spiro atoms. The van der Waals surface area contributed by atoms with Gasteiger partial charge in [-0.05, 0) is 36.3 Å². The summed E-state index contributed by atoms with van der Waals surface area (Å²) in [6.45, 7) is 5.91. The Kier molecular flexibility index (Phi) is 4.44. The van der Waals surface area contributed by atoms with Crippen molar-refractivity contribution in [3.8, 4) is 0 Å². The lowest BCUT2D eigenvalue weighted by Gasteiger charge is -2.17. The van der Waals surface area contributed by atoms with Crippen molar-refractivity contribution in [3.05, 3.63) is 23.2 Å². The van der Waals surface area contributed by atoms with Gasteiger partial charge in [-0.15, -0.1) is 5.10 Å². The first kappa shape index (κ1) is 14.6. The number of hydrogen-bond donors (Lipinski definition) is 1. The lowest BCUT2D eigenvalue weighted by atomic mass is 10.1. The number of nitrogens with zero attached hydrogens (tertiary/aromatic N) is 3. The van der Waals surface area contributed by atoms with Crippen LogP contribution in [0.1, 0.15) is 20.8 Å². The van der Waals surface area contributed by atoms with Gasteiger partial charge >= 0.3 is 0 Å². The van der Waals surface area contributed by atoms with E-state index in [-0.39, 0.29) is 18.6 Å². The second-order valence-electron chi connectivity index (χ2n) is 4.97. The van der Waals surface area contributed by atoms with Gasteiger partial charge in [0.15, 0.2) is 6.61 Å². The summed E-state index contributed by atoms with van der Waals surface area (Å²) >= 11 is 5.91. The number of hydrogen-bond acceptors (Lipinski definition) is 4. The zero-order valence-corrected chi connectivity index (χ0v) is 12.4. The molecule has 0 radical (unpaired) electrons. The topological polar surface area (TPSA) is 69.0 Å². The van der Waals surface area contributed by atoms with Gasteiger partial charge < -0.3 is 10.2 Å². The maximum absolute atomic E-state index is 11.7. The van der Waals surface area contributed by atoms with Crippen LogP contribution in [-0.2, 0) is 4.79 Å². The fraction of sp³-hybridized carbons (Fsp3) is 0.462. The predicted molar refractivity (Wildman–Crippen MR) is 76.4 cm³/mol. The molecule has 0 saturated carbocycles. The number of fused-ring (bicyclic) bond motifs is 1. The van der Waals surface area contributed by atoms with Crippen molar-refractivity contribution in [2.45, 2.75) is 26.8 Å². The van der Waals surface area contributed by atoms with Gasteiger partial charge in [0.1, 0.15) is 11.0 Å². The molecular formula is C13H17ClN4O2. The largest absolute Gasteiger partial charge is 0.385 e. The molecule has 108 valence electrons. The van der Waals surface area contributed by atoms with Crippen molar-refractivity contribution in [3.63, 3.8) is 0 Å². The number of carbonyl (C=O) groups is 1. The molecule has 0 aliphatic carbocycles. The van der Waals surface area contributed by atoms with Crippen molar-refractivity contribution in [1.82, 2.24) is 20.5 Å². The number of rotatable bonds is 5. The van der Waals surface area contributed by atoms with Crippen molar-refractivity contribution in [2.24, 2.45) is 5.92 Å². The van der Waals surface area contributed by atoms with Gasteiger partial charge in [0, 0.05) is 11.1 Å². The summed E-state index contributed by atoms with van der Waals surface area (Å²) in [7, 11) is 0. The third kappa shape index (κ3) is 3.39. The monoisotopic (exact) mass is 296 g/mol. The zero-order chi connectivity index (χ0) is 14.7. The van der Waals surface area contributed by atoms with E-state index < -0.39 is 0 Å². The molecule has 0 unspecified atom stereocenters. The molecular weight excluding hydrogens is 280 g/mol. The average Bonchev–Trinajstić information content (AvgIpc) is 2.78. The van der Waals surface area contributed by atoms with Gasteiger partial charge in [-0.1, -0.05) is 30.3 Å². The Labute approximate surface area is 122 Å². The summed E-state index contributed by atoms with van der Waals surface area (Å²) in [5.41, 5.74) is 1.28. The number of amides is 1. The summed E-state index contributed by atoms with van der Waals surface area (Å²) in [5, 5.41) is 11.2. The Morgan fingerprint density at radius 1 is 1.45 bits per heavy atom. The highest BCUT2D eigenvalue weighted by atomic mass is 35.5. The first-order valence-corrected chi connectivity index (χ1v) is 6.79. The summed E-state index contributed by atoms with van der Waals surface area (Å²) in [6.07, 6.45) is 0. The van der Waals surface area contributed by atoms with Crippen LogP contribution in [0.4, 0.5) is 0 Å². The molecule has 0 aliphatic heterocycles. The molecule has 0 saturated heterocycles. The molecule has 20 heavy (non-hydrogen) atoms. The van der Waals surface area contributed by atoms with Gasteiger partial charge in [0.2, 0.25) is 0 Å². The number of nitrogens with one attached hydrogen (secondary N) is 1. The number of halogens is 1. The summed E-state index contributed by atoms with van der Waals surface area (Å²) in [4.78, 5) is 18.3. The van der Waals surface area contributed by atoms with Gasteiger partial charge in [0.25, 0.3) is 5.91 Å². The Balaban J connectivity index is 1.99. The molecule has 1 atom stereocenters. The standard InChI is InChI=1S/C13H17ClN4O2/c1-8(2)9(3)15-13(19)7-20-18-12-6-10(14)4-5-11(12)16-17-18/h4-6,8-9H,7H2,1-3H3,(H,15,19)/t9-/m0/s1. The lowest BCUT2D eigenvalue weighted by Crippen LogP contribution is -2.40. The molecule has 0 bridgehead atoms. The normalized spacial score (nSPS) is 12.7. The van der Waals surface area contributed by atoms with Crippen LogP contribution in [0.5, 0.6) is 0 Å². The summed E-state index contributed by atoms with van der Waals surface area (Å²) in [5.74, 6) is 0.168. The molecule has 1 aromatic carbocycles. The highest BCUT2D eigenvalue weighted by Crippen LogP contribution is 2.16. The van der Waals surface area contributed by atoms with E-state index in [1.165, 1.54) is 4.85 Å². The Bertz CT molecular complexity index is 611. The van der Waals surface area contributed by atoms with Crippen molar-refractivity contribution in [2.75, 3.05) is 6.61 Å². The minimum absolute atomic E-state index is 0.0908. The fourth-order valence-electron chi connectivity index (χ4n) is 1.55. The van der Waals surface area contributed by atoms with Crippen LogP contribution in [0.25, 0.3) is 11.0 Å². The van der Waals surface area contributed by atoms with Gasteiger partial charge in [-0.25, -0.2) is 0 Å².